The molecule has 12 heteroatoms. The number of rotatable bonds is 7. The van der Waals surface area contributed by atoms with Gasteiger partial charge in [-0.15, -0.1) is 0 Å². The van der Waals surface area contributed by atoms with Gasteiger partial charge in [0.2, 0.25) is 15.9 Å². The molecule has 1 heterocycles. The Morgan fingerprint density at radius 1 is 0.923 bits per heavy atom. The van der Waals surface area contributed by atoms with Gasteiger partial charge in [-0.25, -0.2) is 8.42 Å². The Kier molecular flexibility index (Phi) is 8.80. The SMILES string of the molecule is Cc1ccc(S(=O)(=O)N(CC(=O)N2CCN(c3cccc(C(F)(F)F)c3)CC2)Cc2c(Cl)cccc2Cl)cc1. The molecule has 208 valence electrons. The molecule has 0 N–H and O–H groups in total. The number of hydrogen-bond acceptors (Lipinski definition) is 4. The fraction of sp³-hybridized carbons (Fsp3) is 0.296. The summed E-state index contributed by atoms with van der Waals surface area (Å²) in [5.74, 6) is -0.433. The van der Waals surface area contributed by atoms with Gasteiger partial charge in [0.25, 0.3) is 0 Å². The smallest absolute Gasteiger partial charge is 0.368 e. The highest BCUT2D eigenvalue weighted by molar-refractivity contribution is 7.89. The molecule has 0 atom stereocenters. The Morgan fingerprint density at radius 3 is 2.10 bits per heavy atom. The van der Waals surface area contributed by atoms with Gasteiger partial charge in [-0.05, 0) is 49.4 Å². The Morgan fingerprint density at radius 2 is 1.51 bits per heavy atom. The second-order valence-corrected chi connectivity index (χ2v) is 12.0. The van der Waals surface area contributed by atoms with Gasteiger partial charge in [-0.1, -0.05) is 53.0 Å². The third-order valence-corrected chi connectivity index (χ3v) is 9.05. The minimum Gasteiger partial charge on any atom is -0.368 e. The van der Waals surface area contributed by atoms with Crippen molar-refractivity contribution in [3.63, 3.8) is 0 Å². The second-order valence-electron chi connectivity index (χ2n) is 9.20. The van der Waals surface area contributed by atoms with Gasteiger partial charge in [0, 0.05) is 54.0 Å². The maximum atomic E-state index is 13.6. The highest BCUT2D eigenvalue weighted by Gasteiger charge is 2.33. The van der Waals surface area contributed by atoms with E-state index in [1.807, 2.05) is 6.92 Å². The molecule has 1 aliphatic rings. The number of benzene rings is 3. The summed E-state index contributed by atoms with van der Waals surface area (Å²) in [6.45, 7) is 2.20. The van der Waals surface area contributed by atoms with E-state index >= 15 is 0 Å². The van der Waals surface area contributed by atoms with Crippen molar-refractivity contribution in [2.24, 2.45) is 0 Å². The van der Waals surface area contributed by atoms with Crippen LogP contribution in [0, 0.1) is 6.92 Å². The maximum Gasteiger partial charge on any atom is 0.416 e. The van der Waals surface area contributed by atoms with Crippen molar-refractivity contribution in [1.29, 1.82) is 0 Å². The van der Waals surface area contributed by atoms with Gasteiger partial charge in [0.05, 0.1) is 17.0 Å². The lowest BCUT2D eigenvalue weighted by Crippen LogP contribution is -2.51. The van der Waals surface area contributed by atoms with Crippen LogP contribution < -0.4 is 4.90 Å². The minimum atomic E-state index is -4.45. The summed E-state index contributed by atoms with van der Waals surface area (Å²) in [5.41, 5.74) is 0.922. The molecule has 0 spiro atoms. The number of aryl methyl sites for hydroxylation is 1. The highest BCUT2D eigenvalue weighted by atomic mass is 35.5. The van der Waals surface area contributed by atoms with Gasteiger partial charge in [-0.2, -0.15) is 17.5 Å². The lowest BCUT2D eigenvalue weighted by atomic mass is 10.1. The molecule has 1 fully saturated rings. The molecular formula is C27H26Cl2F3N3O3S. The van der Waals surface area contributed by atoms with Crippen molar-refractivity contribution in [3.05, 3.63) is 93.5 Å². The molecule has 0 saturated carbocycles. The third kappa shape index (κ3) is 6.87. The van der Waals surface area contributed by atoms with Crippen molar-refractivity contribution < 1.29 is 26.4 Å². The molecule has 1 amide bonds. The Hall–Kier alpha value is -2.79. The lowest BCUT2D eigenvalue weighted by molar-refractivity contribution is -0.137. The number of carbonyl (C=O) groups excluding carboxylic acids is 1. The minimum absolute atomic E-state index is 0.0263. The first-order chi connectivity index (χ1) is 18.4. The third-order valence-electron chi connectivity index (χ3n) is 6.54. The predicted molar refractivity (Wildman–Crippen MR) is 145 cm³/mol. The van der Waals surface area contributed by atoms with Gasteiger partial charge in [0.15, 0.2) is 0 Å². The number of anilines is 1. The zero-order valence-corrected chi connectivity index (χ0v) is 23.3. The number of halogens is 5. The van der Waals surface area contributed by atoms with E-state index < -0.39 is 34.2 Å². The van der Waals surface area contributed by atoms with Crippen LogP contribution in [0.5, 0.6) is 0 Å². The normalized spacial score (nSPS) is 14.6. The molecule has 0 aliphatic carbocycles. The van der Waals surface area contributed by atoms with E-state index in [1.54, 1.807) is 41.3 Å². The van der Waals surface area contributed by atoms with Gasteiger partial charge < -0.3 is 9.80 Å². The lowest BCUT2D eigenvalue weighted by Gasteiger charge is -2.37. The van der Waals surface area contributed by atoms with Crippen LogP contribution in [-0.2, 0) is 27.5 Å². The van der Waals surface area contributed by atoms with E-state index in [0.717, 1.165) is 22.0 Å². The van der Waals surface area contributed by atoms with E-state index in [-0.39, 0.29) is 34.6 Å². The molecule has 0 bridgehead atoms. The average Bonchev–Trinajstić information content (AvgIpc) is 2.90. The van der Waals surface area contributed by atoms with E-state index in [9.17, 15) is 26.4 Å². The summed E-state index contributed by atoms with van der Waals surface area (Å²) in [7, 11) is -4.10. The van der Waals surface area contributed by atoms with Crippen LogP contribution in [0.2, 0.25) is 10.0 Å². The predicted octanol–water partition coefficient (Wildman–Crippen LogP) is 5.86. The zero-order valence-electron chi connectivity index (χ0n) is 21.0. The molecule has 1 saturated heterocycles. The van der Waals surface area contributed by atoms with Gasteiger partial charge in [-0.3, -0.25) is 4.79 Å². The number of amides is 1. The second kappa shape index (κ2) is 11.8. The van der Waals surface area contributed by atoms with Crippen LogP contribution in [0.4, 0.5) is 18.9 Å². The van der Waals surface area contributed by atoms with E-state index in [1.165, 1.54) is 23.1 Å². The molecule has 1 aliphatic heterocycles. The van der Waals surface area contributed by atoms with Crippen LogP contribution in [0.3, 0.4) is 0 Å². The topological polar surface area (TPSA) is 60.9 Å². The monoisotopic (exact) mass is 599 g/mol. The molecule has 0 aromatic heterocycles. The van der Waals surface area contributed by atoms with Gasteiger partial charge in [0.1, 0.15) is 0 Å². The van der Waals surface area contributed by atoms with Crippen molar-refractivity contribution >= 4 is 44.8 Å². The van der Waals surface area contributed by atoms with Crippen molar-refractivity contribution in [3.8, 4) is 0 Å². The highest BCUT2D eigenvalue weighted by Crippen LogP contribution is 2.32. The van der Waals surface area contributed by atoms with E-state index in [0.29, 0.717) is 24.3 Å². The molecule has 0 unspecified atom stereocenters. The number of hydrogen-bond donors (Lipinski definition) is 0. The van der Waals surface area contributed by atoms with E-state index in [2.05, 4.69) is 0 Å². The standard InChI is InChI=1S/C27H26Cl2F3N3O3S/c1-19-8-10-22(11-9-19)39(37,38)35(17-23-24(28)6-3-7-25(23)29)18-26(36)34-14-12-33(13-15-34)21-5-2-4-20(16-21)27(30,31)32/h2-11,16H,12-15,17-18H2,1H3. The van der Waals surface area contributed by atoms with E-state index in [4.69, 9.17) is 23.2 Å². The number of sulfonamides is 1. The van der Waals surface area contributed by atoms with Crippen molar-refractivity contribution in [2.75, 3.05) is 37.6 Å². The average molecular weight is 600 g/mol. The maximum absolute atomic E-state index is 13.6. The molecule has 6 nitrogen and oxygen atoms in total. The molecular weight excluding hydrogens is 574 g/mol. The number of piperazine rings is 1. The number of nitrogens with zero attached hydrogens (tertiary/aromatic N) is 3. The first kappa shape index (κ1) is 29.2. The summed E-state index contributed by atoms with van der Waals surface area (Å²) in [6, 6.07) is 16.2. The summed E-state index contributed by atoms with van der Waals surface area (Å²) >= 11 is 12.6. The van der Waals surface area contributed by atoms with Gasteiger partial charge >= 0.3 is 6.18 Å². The number of carbonyl (C=O) groups is 1. The summed E-state index contributed by atoms with van der Waals surface area (Å²) < 4.78 is 67.6. The van der Waals surface area contributed by atoms with Crippen molar-refractivity contribution in [2.45, 2.75) is 24.5 Å². The zero-order chi connectivity index (χ0) is 28.4. The molecule has 0 radical (unpaired) electrons. The van der Waals surface area contributed by atoms with Crippen LogP contribution in [0.25, 0.3) is 0 Å². The van der Waals surface area contributed by atoms with Crippen LogP contribution in [0.15, 0.2) is 71.6 Å². The fourth-order valence-electron chi connectivity index (χ4n) is 4.29. The first-order valence-electron chi connectivity index (χ1n) is 12.1. The molecule has 4 rings (SSSR count). The molecule has 39 heavy (non-hydrogen) atoms. The van der Waals surface area contributed by atoms with Crippen molar-refractivity contribution in [1.82, 2.24) is 9.21 Å². The molecule has 3 aromatic rings. The first-order valence-corrected chi connectivity index (χ1v) is 14.3. The summed E-state index contributed by atoms with van der Waals surface area (Å²) in [5, 5.41) is 0.544. The van der Waals surface area contributed by atoms with Crippen LogP contribution >= 0.6 is 23.2 Å². The summed E-state index contributed by atoms with van der Waals surface area (Å²) in [4.78, 5) is 16.6. The molecule has 3 aromatic carbocycles. The largest absolute Gasteiger partial charge is 0.416 e. The van der Waals surface area contributed by atoms with Crippen LogP contribution in [0.1, 0.15) is 16.7 Å². The van der Waals surface area contributed by atoms with Crippen LogP contribution in [-0.4, -0.2) is 56.3 Å². The Bertz CT molecular complexity index is 1420. The number of alkyl halides is 3. The fourth-order valence-corrected chi connectivity index (χ4v) is 6.16. The Labute approximate surface area is 235 Å². The quantitative estimate of drug-likeness (QED) is 0.341. The summed E-state index contributed by atoms with van der Waals surface area (Å²) in [6.07, 6.45) is -4.45. The Balaban J connectivity index is 1.52.